The number of piperidine rings is 1. The summed E-state index contributed by atoms with van der Waals surface area (Å²) in [5.74, 6) is 0.896. The molecule has 1 N–H and O–H groups in total. The van der Waals surface area contributed by atoms with E-state index in [0.29, 0.717) is 37.0 Å². The van der Waals surface area contributed by atoms with Crippen molar-refractivity contribution in [1.82, 2.24) is 20.1 Å². The number of aryl methyl sites for hydroxylation is 1. The molecule has 0 atom stereocenters. The van der Waals surface area contributed by atoms with Gasteiger partial charge in [-0.3, -0.25) is 14.9 Å². The van der Waals surface area contributed by atoms with Gasteiger partial charge in [-0.2, -0.15) is 5.10 Å². The molecule has 1 amide bonds. The number of carbonyl (C=O) groups is 1. The Hall–Kier alpha value is -3.22. The van der Waals surface area contributed by atoms with E-state index >= 15 is 0 Å². The molecule has 1 aliphatic heterocycles. The predicted molar refractivity (Wildman–Crippen MR) is 107 cm³/mol. The van der Waals surface area contributed by atoms with E-state index in [-0.39, 0.29) is 11.7 Å². The first-order valence-electron chi connectivity index (χ1n) is 9.74. The molecule has 0 unspecified atom stereocenters. The molecule has 0 bridgehead atoms. The zero-order valence-electron chi connectivity index (χ0n) is 16.3. The van der Waals surface area contributed by atoms with E-state index in [1.165, 1.54) is 12.1 Å². The fourth-order valence-corrected chi connectivity index (χ4v) is 3.50. The third-order valence-electron chi connectivity index (χ3n) is 5.20. The minimum absolute atomic E-state index is 0.0602. The van der Waals surface area contributed by atoms with Gasteiger partial charge in [0.1, 0.15) is 17.3 Å². The van der Waals surface area contributed by atoms with Crippen molar-refractivity contribution in [3.8, 4) is 17.0 Å². The van der Waals surface area contributed by atoms with Crippen LogP contribution in [-0.2, 0) is 0 Å². The first-order valence-corrected chi connectivity index (χ1v) is 9.74. The molecule has 4 rings (SSSR count). The molecule has 3 heterocycles. The highest BCUT2D eigenvalue weighted by Gasteiger charge is 2.25. The zero-order chi connectivity index (χ0) is 20.2. The molecule has 150 valence electrons. The Morgan fingerprint density at radius 2 is 1.97 bits per heavy atom. The van der Waals surface area contributed by atoms with E-state index in [9.17, 15) is 9.18 Å². The summed E-state index contributed by atoms with van der Waals surface area (Å²) >= 11 is 0. The van der Waals surface area contributed by atoms with Gasteiger partial charge in [0.25, 0.3) is 5.91 Å². The standard InChI is InChI=1S/C22H23FN4O2/c1-15-12-19(6-9-24-15)29-14-16-7-10-27(11-8-16)22(28)21-13-20(25-26-21)17-2-4-18(23)5-3-17/h2-6,9,12-13,16H,7-8,10-11,14H2,1H3,(H,25,26). The van der Waals surface area contributed by atoms with Gasteiger partial charge in [-0.05, 0) is 62.1 Å². The third-order valence-corrected chi connectivity index (χ3v) is 5.20. The summed E-state index contributed by atoms with van der Waals surface area (Å²) in [5.41, 5.74) is 2.78. The molecule has 0 aliphatic carbocycles. The molecule has 1 aromatic carbocycles. The molecule has 29 heavy (non-hydrogen) atoms. The molecule has 1 aliphatic rings. The number of carbonyl (C=O) groups excluding carboxylic acids is 1. The Bertz CT molecular complexity index is 978. The summed E-state index contributed by atoms with van der Waals surface area (Å²) in [6, 6.07) is 11.6. The van der Waals surface area contributed by atoms with E-state index in [4.69, 9.17) is 4.74 Å². The molecular weight excluding hydrogens is 371 g/mol. The molecule has 3 aromatic rings. The van der Waals surface area contributed by atoms with Crippen molar-refractivity contribution >= 4 is 5.91 Å². The maximum Gasteiger partial charge on any atom is 0.271 e. The van der Waals surface area contributed by atoms with Crippen molar-refractivity contribution in [2.75, 3.05) is 19.7 Å². The van der Waals surface area contributed by atoms with Crippen LogP contribution in [-0.4, -0.2) is 45.7 Å². The van der Waals surface area contributed by atoms with Crippen molar-refractivity contribution in [3.63, 3.8) is 0 Å². The van der Waals surface area contributed by atoms with Crippen LogP contribution in [0.5, 0.6) is 5.75 Å². The number of amides is 1. The number of rotatable bonds is 5. The minimum atomic E-state index is -0.300. The van der Waals surface area contributed by atoms with Crippen molar-refractivity contribution in [3.05, 3.63) is 65.9 Å². The van der Waals surface area contributed by atoms with Crippen molar-refractivity contribution in [2.24, 2.45) is 5.92 Å². The average Bonchev–Trinajstić information content (AvgIpc) is 3.23. The number of aromatic amines is 1. The van der Waals surface area contributed by atoms with Gasteiger partial charge in [0.05, 0.1) is 12.3 Å². The van der Waals surface area contributed by atoms with Crippen molar-refractivity contribution < 1.29 is 13.9 Å². The van der Waals surface area contributed by atoms with Gasteiger partial charge in [-0.25, -0.2) is 4.39 Å². The lowest BCUT2D eigenvalue weighted by molar-refractivity contribution is 0.0655. The predicted octanol–water partition coefficient (Wildman–Crippen LogP) is 3.85. The summed E-state index contributed by atoms with van der Waals surface area (Å²) in [6.07, 6.45) is 3.54. The van der Waals surface area contributed by atoms with E-state index in [1.54, 1.807) is 24.4 Å². The maximum atomic E-state index is 13.1. The van der Waals surface area contributed by atoms with Crippen LogP contribution in [0, 0.1) is 18.7 Å². The van der Waals surface area contributed by atoms with Gasteiger partial charge in [-0.1, -0.05) is 0 Å². The Kier molecular flexibility index (Phi) is 5.55. The molecule has 1 saturated heterocycles. The first-order chi connectivity index (χ1) is 14.1. The number of hydrogen-bond donors (Lipinski definition) is 1. The monoisotopic (exact) mass is 394 g/mol. The molecule has 7 heteroatoms. The highest BCUT2D eigenvalue weighted by atomic mass is 19.1. The third kappa shape index (κ3) is 4.62. The number of nitrogens with zero attached hydrogens (tertiary/aromatic N) is 3. The summed E-state index contributed by atoms with van der Waals surface area (Å²) < 4.78 is 19.0. The summed E-state index contributed by atoms with van der Waals surface area (Å²) in [4.78, 5) is 18.8. The summed E-state index contributed by atoms with van der Waals surface area (Å²) in [6.45, 7) is 3.96. The van der Waals surface area contributed by atoms with E-state index in [0.717, 1.165) is 29.8 Å². The second kappa shape index (κ2) is 8.43. The van der Waals surface area contributed by atoms with Crippen LogP contribution in [0.15, 0.2) is 48.7 Å². The first kappa shape index (κ1) is 19.1. The zero-order valence-corrected chi connectivity index (χ0v) is 16.3. The van der Waals surface area contributed by atoms with Crippen LogP contribution >= 0.6 is 0 Å². The lowest BCUT2D eigenvalue weighted by atomic mass is 9.97. The lowest BCUT2D eigenvalue weighted by Gasteiger charge is -2.31. The minimum Gasteiger partial charge on any atom is -0.493 e. The van der Waals surface area contributed by atoms with Gasteiger partial charge in [0, 0.05) is 36.6 Å². The van der Waals surface area contributed by atoms with Crippen LogP contribution in [0.4, 0.5) is 4.39 Å². The highest BCUT2D eigenvalue weighted by Crippen LogP contribution is 2.23. The average molecular weight is 394 g/mol. The lowest BCUT2D eigenvalue weighted by Crippen LogP contribution is -2.39. The SMILES string of the molecule is Cc1cc(OCC2CCN(C(=O)c3cc(-c4ccc(F)cc4)n[nH]3)CC2)ccn1. The van der Waals surface area contributed by atoms with Gasteiger partial charge >= 0.3 is 0 Å². The highest BCUT2D eigenvalue weighted by molar-refractivity contribution is 5.93. The number of ether oxygens (including phenoxy) is 1. The largest absolute Gasteiger partial charge is 0.493 e. The van der Waals surface area contributed by atoms with Gasteiger partial charge < -0.3 is 9.64 Å². The normalized spacial score (nSPS) is 14.8. The molecule has 0 saturated carbocycles. The van der Waals surface area contributed by atoms with Crippen molar-refractivity contribution in [1.29, 1.82) is 0 Å². The van der Waals surface area contributed by atoms with Gasteiger partial charge in [0.2, 0.25) is 0 Å². The van der Waals surface area contributed by atoms with Gasteiger partial charge in [-0.15, -0.1) is 0 Å². The summed E-state index contributed by atoms with van der Waals surface area (Å²) in [5, 5.41) is 7.01. The Morgan fingerprint density at radius 3 is 2.69 bits per heavy atom. The number of aromatic nitrogens is 3. The molecule has 0 radical (unpaired) electrons. The maximum absolute atomic E-state index is 13.1. The number of nitrogens with one attached hydrogen (secondary N) is 1. The fraction of sp³-hybridized carbons (Fsp3) is 0.318. The van der Waals surface area contributed by atoms with E-state index < -0.39 is 0 Å². The molecule has 2 aromatic heterocycles. The van der Waals surface area contributed by atoms with E-state index in [2.05, 4.69) is 15.2 Å². The molecular formula is C22H23FN4O2. The topological polar surface area (TPSA) is 71.1 Å². The van der Waals surface area contributed by atoms with Gasteiger partial charge in [0.15, 0.2) is 0 Å². The smallest absolute Gasteiger partial charge is 0.271 e. The van der Waals surface area contributed by atoms with Crippen LogP contribution < -0.4 is 4.74 Å². The Morgan fingerprint density at radius 1 is 1.21 bits per heavy atom. The molecule has 1 fully saturated rings. The fourth-order valence-electron chi connectivity index (χ4n) is 3.50. The molecule has 6 nitrogen and oxygen atoms in total. The quantitative estimate of drug-likeness (QED) is 0.714. The van der Waals surface area contributed by atoms with Crippen LogP contribution in [0.1, 0.15) is 29.0 Å². The summed E-state index contributed by atoms with van der Waals surface area (Å²) in [7, 11) is 0. The number of benzene rings is 1. The Balaban J connectivity index is 1.30. The van der Waals surface area contributed by atoms with Crippen molar-refractivity contribution in [2.45, 2.75) is 19.8 Å². The number of pyridine rings is 1. The second-order valence-electron chi connectivity index (χ2n) is 7.35. The number of likely N-dealkylation sites (tertiary alicyclic amines) is 1. The van der Waals surface area contributed by atoms with E-state index in [1.807, 2.05) is 24.0 Å². The number of halogens is 1. The second-order valence-corrected chi connectivity index (χ2v) is 7.35. The van der Waals surface area contributed by atoms with Crippen LogP contribution in [0.2, 0.25) is 0 Å². The number of H-pyrrole nitrogens is 1. The number of hydrogen-bond acceptors (Lipinski definition) is 4. The van der Waals surface area contributed by atoms with Crippen LogP contribution in [0.3, 0.4) is 0 Å². The van der Waals surface area contributed by atoms with Crippen LogP contribution in [0.25, 0.3) is 11.3 Å². The Labute approximate surface area is 168 Å². The molecule has 0 spiro atoms.